The molecule has 1 aliphatic carbocycles. The van der Waals surface area contributed by atoms with Crippen molar-refractivity contribution in [3.8, 4) is 0 Å². The van der Waals surface area contributed by atoms with E-state index < -0.39 is 0 Å². The van der Waals surface area contributed by atoms with Crippen LogP contribution >= 0.6 is 0 Å². The van der Waals surface area contributed by atoms with E-state index in [1.807, 2.05) is 13.8 Å². The van der Waals surface area contributed by atoms with Crippen molar-refractivity contribution in [3.05, 3.63) is 35.4 Å². The molecule has 1 aromatic carbocycles. The van der Waals surface area contributed by atoms with Crippen LogP contribution in [0.5, 0.6) is 0 Å². The van der Waals surface area contributed by atoms with Crippen molar-refractivity contribution in [1.29, 1.82) is 0 Å². The fraction of sp³-hybridized carbons (Fsp3) is 0.708. The first kappa shape index (κ1) is 22.3. The Hall–Kier alpha value is -1.43. The quantitative estimate of drug-likeness (QED) is 0.677. The number of nitrogens with one attached hydrogen (secondary N) is 1. The molecular weight excluding hydrogens is 364 g/mol. The maximum absolute atomic E-state index is 12.3. The van der Waals surface area contributed by atoms with Gasteiger partial charge in [0, 0.05) is 19.6 Å². The zero-order valence-electron chi connectivity index (χ0n) is 18.2. The molecule has 5 heteroatoms. The van der Waals surface area contributed by atoms with Gasteiger partial charge in [-0.3, -0.25) is 9.69 Å². The lowest BCUT2D eigenvalue weighted by molar-refractivity contribution is -0.123. The van der Waals surface area contributed by atoms with Crippen LogP contribution in [0.2, 0.25) is 0 Å². The highest BCUT2D eigenvalue weighted by molar-refractivity contribution is 5.78. The van der Waals surface area contributed by atoms with Gasteiger partial charge in [-0.25, -0.2) is 0 Å². The summed E-state index contributed by atoms with van der Waals surface area (Å²) >= 11 is 0. The van der Waals surface area contributed by atoms with Crippen LogP contribution in [0.4, 0.5) is 0 Å². The van der Waals surface area contributed by atoms with Crippen molar-refractivity contribution < 1.29 is 14.3 Å². The van der Waals surface area contributed by atoms with Gasteiger partial charge in [-0.1, -0.05) is 43.5 Å². The van der Waals surface area contributed by atoms with Crippen LogP contribution in [0.15, 0.2) is 24.3 Å². The van der Waals surface area contributed by atoms with Gasteiger partial charge < -0.3 is 14.8 Å². The normalized spacial score (nSPS) is 19.6. The van der Waals surface area contributed by atoms with Crippen molar-refractivity contribution in [2.75, 3.05) is 19.6 Å². The van der Waals surface area contributed by atoms with Gasteiger partial charge in [0.1, 0.15) is 0 Å². The van der Waals surface area contributed by atoms with Crippen LogP contribution in [-0.4, -0.2) is 48.8 Å². The van der Waals surface area contributed by atoms with Crippen molar-refractivity contribution in [3.63, 3.8) is 0 Å². The summed E-state index contributed by atoms with van der Waals surface area (Å²) in [6, 6.07) is 8.27. The number of hydrogen-bond acceptors (Lipinski definition) is 4. The third-order valence-electron chi connectivity index (χ3n) is 5.93. The van der Waals surface area contributed by atoms with Gasteiger partial charge in [-0.2, -0.15) is 0 Å². The minimum absolute atomic E-state index is 0.101. The molecule has 1 amide bonds. The van der Waals surface area contributed by atoms with Crippen LogP contribution in [-0.2, 0) is 27.4 Å². The zero-order valence-corrected chi connectivity index (χ0v) is 18.2. The molecule has 2 aliphatic rings. The Labute approximate surface area is 176 Å². The van der Waals surface area contributed by atoms with Gasteiger partial charge in [0.25, 0.3) is 0 Å². The van der Waals surface area contributed by atoms with E-state index in [-0.39, 0.29) is 12.0 Å². The Morgan fingerprint density at radius 3 is 2.28 bits per heavy atom. The summed E-state index contributed by atoms with van der Waals surface area (Å²) in [6.45, 7) is 7.67. The SMILES string of the molecule is CC(C)OCc1ccc(CNC(=O)CN2CCC(OC3CCCCC3)CC2)cc1. The summed E-state index contributed by atoms with van der Waals surface area (Å²) in [5.41, 5.74) is 2.28. The van der Waals surface area contributed by atoms with Crippen molar-refractivity contribution >= 4 is 5.91 Å². The van der Waals surface area contributed by atoms with E-state index in [9.17, 15) is 4.79 Å². The maximum Gasteiger partial charge on any atom is 0.234 e. The minimum Gasteiger partial charge on any atom is -0.375 e. The molecule has 0 aromatic heterocycles. The van der Waals surface area contributed by atoms with Crippen LogP contribution in [0.25, 0.3) is 0 Å². The molecule has 1 aliphatic heterocycles. The molecule has 0 spiro atoms. The van der Waals surface area contributed by atoms with E-state index in [2.05, 4.69) is 34.5 Å². The maximum atomic E-state index is 12.3. The van der Waals surface area contributed by atoms with Crippen LogP contribution < -0.4 is 5.32 Å². The van der Waals surface area contributed by atoms with Gasteiger partial charge >= 0.3 is 0 Å². The highest BCUT2D eigenvalue weighted by Gasteiger charge is 2.24. The molecule has 1 heterocycles. The molecular formula is C24H38N2O3. The number of amides is 1. The largest absolute Gasteiger partial charge is 0.375 e. The van der Waals surface area contributed by atoms with Crippen LogP contribution in [0, 0.1) is 0 Å². The Bertz CT molecular complexity index is 603. The smallest absolute Gasteiger partial charge is 0.234 e. The second-order valence-corrected chi connectivity index (χ2v) is 8.82. The van der Waals surface area contributed by atoms with Gasteiger partial charge in [-0.15, -0.1) is 0 Å². The van der Waals surface area contributed by atoms with Gasteiger partial charge in [0.05, 0.1) is 31.5 Å². The molecule has 1 saturated heterocycles. The number of benzene rings is 1. The molecule has 2 fully saturated rings. The lowest BCUT2D eigenvalue weighted by Gasteiger charge is -2.34. The van der Waals surface area contributed by atoms with Crippen LogP contribution in [0.3, 0.4) is 0 Å². The van der Waals surface area contributed by atoms with Crippen molar-refractivity contribution in [1.82, 2.24) is 10.2 Å². The zero-order chi connectivity index (χ0) is 20.5. The Morgan fingerprint density at radius 1 is 1.00 bits per heavy atom. The summed E-state index contributed by atoms with van der Waals surface area (Å²) in [4.78, 5) is 14.6. The molecule has 5 nitrogen and oxygen atoms in total. The molecule has 3 rings (SSSR count). The van der Waals surface area contributed by atoms with E-state index in [0.717, 1.165) is 37.1 Å². The lowest BCUT2D eigenvalue weighted by Crippen LogP contribution is -2.43. The summed E-state index contributed by atoms with van der Waals surface area (Å²) < 4.78 is 11.9. The number of nitrogens with zero attached hydrogens (tertiary/aromatic N) is 1. The van der Waals surface area contributed by atoms with E-state index in [0.29, 0.717) is 31.9 Å². The minimum atomic E-state index is 0.101. The average molecular weight is 403 g/mol. The van der Waals surface area contributed by atoms with Gasteiger partial charge in [-0.05, 0) is 50.7 Å². The van der Waals surface area contributed by atoms with E-state index in [4.69, 9.17) is 9.47 Å². The first-order chi connectivity index (χ1) is 14.1. The summed E-state index contributed by atoms with van der Waals surface area (Å²) in [6.07, 6.45) is 9.65. The van der Waals surface area contributed by atoms with Crippen LogP contribution in [0.1, 0.15) is 69.9 Å². The molecule has 1 aromatic rings. The summed E-state index contributed by atoms with van der Waals surface area (Å²) in [5, 5.41) is 3.05. The number of hydrogen-bond donors (Lipinski definition) is 1. The third-order valence-corrected chi connectivity index (χ3v) is 5.93. The topological polar surface area (TPSA) is 50.8 Å². The predicted molar refractivity (Wildman–Crippen MR) is 116 cm³/mol. The number of carbonyl (C=O) groups is 1. The van der Waals surface area contributed by atoms with Gasteiger partial charge in [0.15, 0.2) is 0 Å². The molecule has 0 unspecified atom stereocenters. The standard InChI is InChI=1S/C24H38N2O3/c1-19(2)28-18-21-10-8-20(9-11-21)16-25-24(27)17-26-14-12-23(13-15-26)29-22-6-4-3-5-7-22/h8-11,19,22-23H,3-7,12-18H2,1-2H3,(H,25,27). The lowest BCUT2D eigenvalue weighted by atomic mass is 9.97. The number of carbonyl (C=O) groups excluding carboxylic acids is 1. The Morgan fingerprint density at radius 2 is 1.62 bits per heavy atom. The molecule has 0 atom stereocenters. The predicted octanol–water partition coefficient (Wildman–Crippen LogP) is 4.04. The summed E-state index contributed by atoms with van der Waals surface area (Å²) in [7, 11) is 0. The monoisotopic (exact) mass is 402 g/mol. The number of ether oxygens (including phenoxy) is 2. The highest BCUT2D eigenvalue weighted by atomic mass is 16.5. The average Bonchev–Trinajstić information content (AvgIpc) is 2.74. The van der Waals surface area contributed by atoms with E-state index in [1.165, 1.54) is 32.1 Å². The highest BCUT2D eigenvalue weighted by Crippen LogP contribution is 2.24. The van der Waals surface area contributed by atoms with E-state index >= 15 is 0 Å². The molecule has 1 saturated carbocycles. The molecule has 0 bridgehead atoms. The molecule has 29 heavy (non-hydrogen) atoms. The molecule has 162 valence electrons. The fourth-order valence-electron chi connectivity index (χ4n) is 4.15. The van der Waals surface area contributed by atoms with E-state index in [1.54, 1.807) is 0 Å². The second kappa shape index (κ2) is 11.7. The molecule has 1 N–H and O–H groups in total. The van der Waals surface area contributed by atoms with Crippen molar-refractivity contribution in [2.24, 2.45) is 0 Å². The Kier molecular flexibility index (Phi) is 8.96. The number of rotatable bonds is 9. The summed E-state index contributed by atoms with van der Waals surface area (Å²) in [5.74, 6) is 0.101. The first-order valence-electron chi connectivity index (χ1n) is 11.4. The van der Waals surface area contributed by atoms with Gasteiger partial charge in [0.2, 0.25) is 5.91 Å². The first-order valence-corrected chi connectivity index (χ1v) is 11.4. The fourth-order valence-corrected chi connectivity index (χ4v) is 4.15. The third kappa shape index (κ3) is 8.07. The molecule has 0 radical (unpaired) electrons. The number of piperidine rings is 1. The Balaban J connectivity index is 1.31. The number of likely N-dealkylation sites (tertiary alicyclic amines) is 1. The van der Waals surface area contributed by atoms with Crippen molar-refractivity contribution in [2.45, 2.75) is 90.3 Å². The second-order valence-electron chi connectivity index (χ2n) is 8.82.